The van der Waals surface area contributed by atoms with Crippen LogP contribution in [-0.2, 0) is 4.74 Å². The van der Waals surface area contributed by atoms with Crippen molar-refractivity contribution in [2.24, 2.45) is 0 Å². The lowest BCUT2D eigenvalue weighted by Crippen LogP contribution is -1.98. The average Bonchev–Trinajstić information content (AvgIpc) is 2.54. The monoisotopic (exact) mass is 240 g/mol. The number of phenolic OH excluding ortho intramolecular Hbond substituents is 1. The zero-order chi connectivity index (χ0) is 10.8. The third kappa shape index (κ3) is 2.16. The van der Waals surface area contributed by atoms with E-state index in [-0.39, 0.29) is 25.3 Å². The summed E-state index contributed by atoms with van der Waals surface area (Å²) in [5.41, 5.74) is 1.17. The predicted molar refractivity (Wildman–Crippen MR) is 66.2 cm³/mol. The molecule has 1 heterocycles. The Morgan fingerprint density at radius 3 is 2.88 bits per heavy atom. The van der Waals surface area contributed by atoms with E-state index in [4.69, 9.17) is 4.74 Å². The van der Waals surface area contributed by atoms with E-state index in [0.29, 0.717) is 5.56 Å². The Hall–Kier alpha value is -1.16. The van der Waals surface area contributed by atoms with Crippen molar-refractivity contribution >= 4 is 19.5 Å². The van der Waals surface area contributed by atoms with Gasteiger partial charge in [0.05, 0.1) is 0 Å². The maximum atomic E-state index is 11.5. The van der Waals surface area contributed by atoms with Gasteiger partial charge in [-0.3, -0.25) is 0 Å². The zero-order valence-electron chi connectivity index (χ0n) is 9.19. The molecule has 1 aromatic rings. The highest BCUT2D eigenvalue weighted by Gasteiger charge is 2.32. The van der Waals surface area contributed by atoms with Gasteiger partial charge in [-0.25, -0.2) is 4.79 Å². The number of aromatic hydroxyl groups is 1. The molecule has 1 aliphatic rings. The standard InChI is InChI=1S/C12H14O3.H2S/c1-2-3-7-10-8-5-4-6-9(13)11(8)12(14)15-10;/h4-6,10,13H,2-3,7H2,1H3;1H2/t10-;/m0./s1. The van der Waals surface area contributed by atoms with Crippen LogP contribution in [0.5, 0.6) is 5.75 Å². The van der Waals surface area contributed by atoms with Crippen LogP contribution in [0.1, 0.15) is 48.2 Å². The number of benzene rings is 1. The zero-order valence-corrected chi connectivity index (χ0v) is 10.2. The van der Waals surface area contributed by atoms with E-state index in [9.17, 15) is 9.90 Å². The normalized spacial score (nSPS) is 17.6. The second-order valence-electron chi connectivity index (χ2n) is 3.78. The molecule has 0 bridgehead atoms. The Labute approximate surface area is 102 Å². The molecule has 0 saturated heterocycles. The predicted octanol–water partition coefficient (Wildman–Crippen LogP) is 2.91. The molecule has 0 spiro atoms. The lowest BCUT2D eigenvalue weighted by molar-refractivity contribution is 0.0363. The largest absolute Gasteiger partial charge is 0.507 e. The highest BCUT2D eigenvalue weighted by molar-refractivity contribution is 7.59. The van der Waals surface area contributed by atoms with Crippen LogP contribution in [0.3, 0.4) is 0 Å². The second-order valence-corrected chi connectivity index (χ2v) is 3.78. The number of fused-ring (bicyclic) bond motifs is 1. The fourth-order valence-electron chi connectivity index (χ4n) is 1.90. The minimum atomic E-state index is -0.399. The summed E-state index contributed by atoms with van der Waals surface area (Å²) in [7, 11) is 0. The molecular weight excluding hydrogens is 224 g/mol. The maximum absolute atomic E-state index is 11.5. The molecule has 1 aromatic carbocycles. The van der Waals surface area contributed by atoms with Crippen LogP contribution in [0.15, 0.2) is 18.2 Å². The van der Waals surface area contributed by atoms with Gasteiger partial charge >= 0.3 is 5.97 Å². The van der Waals surface area contributed by atoms with E-state index in [1.807, 2.05) is 6.07 Å². The summed E-state index contributed by atoms with van der Waals surface area (Å²) in [4.78, 5) is 11.5. The van der Waals surface area contributed by atoms with Crippen LogP contribution < -0.4 is 0 Å². The molecule has 0 aliphatic carbocycles. The molecule has 1 aliphatic heterocycles. The molecule has 3 nitrogen and oxygen atoms in total. The summed E-state index contributed by atoms with van der Waals surface area (Å²) in [6, 6.07) is 5.11. The molecule has 4 heteroatoms. The number of rotatable bonds is 3. The third-order valence-electron chi connectivity index (χ3n) is 2.69. The van der Waals surface area contributed by atoms with E-state index in [2.05, 4.69) is 6.92 Å². The van der Waals surface area contributed by atoms with Gasteiger partial charge in [-0.05, 0) is 18.9 Å². The lowest BCUT2D eigenvalue weighted by atomic mass is 10.0. The number of unbranched alkanes of at least 4 members (excludes halogenated alkanes) is 1. The lowest BCUT2D eigenvalue weighted by Gasteiger charge is -2.09. The van der Waals surface area contributed by atoms with Crippen LogP contribution in [-0.4, -0.2) is 11.1 Å². The number of carbonyl (C=O) groups excluding carboxylic acids is 1. The van der Waals surface area contributed by atoms with Gasteiger partial charge in [-0.15, -0.1) is 0 Å². The van der Waals surface area contributed by atoms with Crippen LogP contribution in [0.2, 0.25) is 0 Å². The van der Waals surface area contributed by atoms with Crippen LogP contribution in [0.4, 0.5) is 0 Å². The van der Waals surface area contributed by atoms with Gasteiger partial charge in [0, 0.05) is 5.56 Å². The molecule has 1 atom stereocenters. The molecule has 2 rings (SSSR count). The second kappa shape index (κ2) is 5.25. The van der Waals surface area contributed by atoms with Gasteiger partial charge in [0.25, 0.3) is 0 Å². The summed E-state index contributed by atoms with van der Waals surface area (Å²) in [5.74, 6) is -0.374. The molecule has 0 radical (unpaired) electrons. The van der Waals surface area contributed by atoms with Crippen LogP contribution in [0, 0.1) is 0 Å². The number of carbonyl (C=O) groups is 1. The summed E-state index contributed by atoms with van der Waals surface area (Å²) in [5, 5.41) is 9.54. The molecular formula is C12H16O3S. The molecule has 0 aromatic heterocycles. The minimum absolute atomic E-state index is 0. The smallest absolute Gasteiger partial charge is 0.342 e. The quantitative estimate of drug-likeness (QED) is 0.826. The average molecular weight is 240 g/mol. The van der Waals surface area contributed by atoms with E-state index < -0.39 is 5.97 Å². The Bertz CT molecular complexity index is 390. The molecule has 1 N–H and O–H groups in total. The van der Waals surface area contributed by atoms with Crippen molar-refractivity contribution in [3.05, 3.63) is 29.3 Å². The van der Waals surface area contributed by atoms with Gasteiger partial charge in [-0.1, -0.05) is 25.5 Å². The molecule has 0 unspecified atom stereocenters. The van der Waals surface area contributed by atoms with Crippen molar-refractivity contribution in [1.29, 1.82) is 0 Å². The first-order chi connectivity index (χ1) is 7.24. The fraction of sp³-hybridized carbons (Fsp3) is 0.417. The summed E-state index contributed by atoms with van der Waals surface area (Å²) >= 11 is 0. The van der Waals surface area contributed by atoms with Gasteiger partial charge < -0.3 is 9.84 Å². The SMILES string of the molecule is CCCC[C@@H]1OC(=O)c2c(O)cccc21.S. The summed E-state index contributed by atoms with van der Waals surface area (Å²) in [6.07, 6.45) is 2.76. The van der Waals surface area contributed by atoms with Crippen LogP contribution in [0.25, 0.3) is 0 Å². The number of esters is 1. The fourth-order valence-corrected chi connectivity index (χ4v) is 1.90. The first kappa shape index (κ1) is 12.9. The number of cyclic esters (lactones) is 1. The number of ether oxygens (including phenoxy) is 1. The Kier molecular flexibility index (Phi) is 4.24. The topological polar surface area (TPSA) is 46.5 Å². The summed E-state index contributed by atoms with van der Waals surface area (Å²) < 4.78 is 5.22. The minimum Gasteiger partial charge on any atom is -0.507 e. The molecule has 0 saturated carbocycles. The van der Waals surface area contributed by atoms with Crippen molar-refractivity contribution in [2.45, 2.75) is 32.3 Å². The molecule has 88 valence electrons. The Balaban J connectivity index is 0.00000128. The maximum Gasteiger partial charge on any atom is 0.342 e. The van der Waals surface area contributed by atoms with Gasteiger partial charge in [0.2, 0.25) is 0 Å². The van der Waals surface area contributed by atoms with Crippen molar-refractivity contribution in [3.63, 3.8) is 0 Å². The van der Waals surface area contributed by atoms with E-state index in [1.54, 1.807) is 6.07 Å². The molecule has 16 heavy (non-hydrogen) atoms. The Morgan fingerprint density at radius 2 is 2.19 bits per heavy atom. The van der Waals surface area contributed by atoms with Crippen molar-refractivity contribution < 1.29 is 14.6 Å². The highest BCUT2D eigenvalue weighted by atomic mass is 32.1. The van der Waals surface area contributed by atoms with Gasteiger partial charge in [0.15, 0.2) is 0 Å². The van der Waals surface area contributed by atoms with E-state index in [1.165, 1.54) is 6.07 Å². The van der Waals surface area contributed by atoms with Crippen molar-refractivity contribution in [2.75, 3.05) is 0 Å². The number of phenols is 1. The van der Waals surface area contributed by atoms with E-state index in [0.717, 1.165) is 24.8 Å². The highest BCUT2D eigenvalue weighted by Crippen LogP contribution is 2.38. The van der Waals surface area contributed by atoms with E-state index >= 15 is 0 Å². The van der Waals surface area contributed by atoms with Crippen LogP contribution >= 0.6 is 13.5 Å². The van der Waals surface area contributed by atoms with Crippen molar-refractivity contribution in [3.8, 4) is 5.75 Å². The first-order valence-electron chi connectivity index (χ1n) is 5.27. The molecule has 0 fully saturated rings. The summed E-state index contributed by atoms with van der Waals surface area (Å²) in [6.45, 7) is 2.10. The van der Waals surface area contributed by atoms with Gasteiger partial charge in [-0.2, -0.15) is 13.5 Å². The van der Waals surface area contributed by atoms with Crippen molar-refractivity contribution in [1.82, 2.24) is 0 Å². The number of hydrogen-bond donors (Lipinski definition) is 1. The third-order valence-corrected chi connectivity index (χ3v) is 2.69. The Morgan fingerprint density at radius 1 is 1.44 bits per heavy atom. The van der Waals surface area contributed by atoms with Gasteiger partial charge in [0.1, 0.15) is 17.4 Å². The number of hydrogen-bond acceptors (Lipinski definition) is 3. The molecule has 0 amide bonds. The first-order valence-corrected chi connectivity index (χ1v) is 5.27.